The number of sulfonamides is 1. The van der Waals surface area contributed by atoms with Crippen LogP contribution < -0.4 is 9.62 Å². The number of benzene rings is 3. The monoisotopic (exact) mass is 549 g/mol. The number of carbonyl (C=O) groups excluding carboxylic acids is 2. The fraction of sp³-hybridized carbons (Fsp3) is 0.355. The molecule has 0 radical (unpaired) electrons. The van der Waals surface area contributed by atoms with Crippen LogP contribution in [0.25, 0.3) is 0 Å². The van der Waals surface area contributed by atoms with Gasteiger partial charge in [-0.2, -0.15) is 0 Å². The Bertz CT molecular complexity index is 1350. The van der Waals surface area contributed by atoms with Crippen molar-refractivity contribution < 1.29 is 18.0 Å². The molecule has 2 amide bonds. The Kier molecular flexibility index (Phi) is 10.3. The van der Waals surface area contributed by atoms with Gasteiger partial charge in [0.15, 0.2) is 0 Å². The van der Waals surface area contributed by atoms with Crippen LogP contribution in [0.15, 0.2) is 77.7 Å². The van der Waals surface area contributed by atoms with Crippen LogP contribution in [0.5, 0.6) is 0 Å². The Labute approximate surface area is 232 Å². The number of hydrogen-bond donors (Lipinski definition) is 1. The highest BCUT2D eigenvalue weighted by Crippen LogP contribution is 2.27. The number of rotatable bonds is 12. The smallest absolute Gasteiger partial charge is 0.264 e. The van der Waals surface area contributed by atoms with Gasteiger partial charge in [-0.1, -0.05) is 67.9 Å². The second kappa shape index (κ2) is 13.4. The molecule has 208 valence electrons. The first-order valence-corrected chi connectivity index (χ1v) is 14.8. The van der Waals surface area contributed by atoms with Crippen LogP contribution in [0.3, 0.4) is 0 Å². The highest BCUT2D eigenvalue weighted by molar-refractivity contribution is 7.92. The molecule has 3 aromatic carbocycles. The van der Waals surface area contributed by atoms with Crippen LogP contribution in [0, 0.1) is 20.8 Å². The highest BCUT2D eigenvalue weighted by atomic mass is 32.2. The largest absolute Gasteiger partial charge is 0.354 e. The zero-order chi connectivity index (χ0) is 28.6. The number of nitrogens with one attached hydrogen (secondary N) is 1. The second-order valence-electron chi connectivity index (χ2n) is 9.89. The van der Waals surface area contributed by atoms with Crippen molar-refractivity contribution in [3.63, 3.8) is 0 Å². The van der Waals surface area contributed by atoms with Gasteiger partial charge in [0.05, 0.1) is 10.6 Å². The van der Waals surface area contributed by atoms with Crippen LogP contribution in [0.4, 0.5) is 5.69 Å². The molecular formula is C31H39N3O4S. The fourth-order valence-corrected chi connectivity index (χ4v) is 5.94. The van der Waals surface area contributed by atoms with Crippen molar-refractivity contribution in [2.75, 3.05) is 17.4 Å². The molecule has 3 rings (SSSR count). The molecule has 39 heavy (non-hydrogen) atoms. The zero-order valence-corrected chi connectivity index (χ0v) is 24.3. The summed E-state index contributed by atoms with van der Waals surface area (Å²) >= 11 is 0. The number of carbonyl (C=O) groups is 2. The van der Waals surface area contributed by atoms with E-state index in [0.29, 0.717) is 18.7 Å². The molecule has 0 fully saturated rings. The average molecular weight is 550 g/mol. The fourth-order valence-electron chi connectivity index (χ4n) is 4.52. The van der Waals surface area contributed by atoms with Gasteiger partial charge in [-0.3, -0.25) is 13.9 Å². The van der Waals surface area contributed by atoms with Gasteiger partial charge in [0.1, 0.15) is 12.6 Å². The Morgan fingerprint density at radius 3 is 2.03 bits per heavy atom. The number of nitrogens with zero attached hydrogens (tertiary/aromatic N) is 2. The van der Waals surface area contributed by atoms with Gasteiger partial charge in [-0.15, -0.1) is 0 Å². The van der Waals surface area contributed by atoms with Crippen molar-refractivity contribution in [3.8, 4) is 0 Å². The minimum Gasteiger partial charge on any atom is -0.354 e. The maximum atomic E-state index is 14.1. The normalized spacial score (nSPS) is 12.0. The molecule has 0 heterocycles. The topological polar surface area (TPSA) is 86.8 Å². The molecule has 0 aliphatic heterocycles. The van der Waals surface area contributed by atoms with E-state index >= 15 is 0 Å². The van der Waals surface area contributed by atoms with Crippen molar-refractivity contribution in [1.82, 2.24) is 10.2 Å². The Hall–Kier alpha value is -3.65. The molecule has 7 nitrogen and oxygen atoms in total. The predicted molar refractivity (Wildman–Crippen MR) is 156 cm³/mol. The Balaban J connectivity index is 2.06. The summed E-state index contributed by atoms with van der Waals surface area (Å²) in [6, 6.07) is 20.6. The minimum atomic E-state index is -4.08. The first-order chi connectivity index (χ1) is 18.6. The molecule has 0 aliphatic rings. The maximum Gasteiger partial charge on any atom is 0.264 e. The summed E-state index contributed by atoms with van der Waals surface area (Å²) in [5, 5.41) is 2.90. The van der Waals surface area contributed by atoms with Gasteiger partial charge in [0.25, 0.3) is 10.0 Å². The molecule has 8 heteroatoms. The van der Waals surface area contributed by atoms with Gasteiger partial charge in [0.2, 0.25) is 11.8 Å². The van der Waals surface area contributed by atoms with Crippen molar-refractivity contribution >= 4 is 27.5 Å². The minimum absolute atomic E-state index is 0.0924. The molecule has 0 saturated carbocycles. The van der Waals surface area contributed by atoms with Crippen LogP contribution >= 0.6 is 0 Å². The lowest BCUT2D eigenvalue weighted by atomic mass is 10.1. The van der Waals surface area contributed by atoms with Crippen molar-refractivity contribution in [1.29, 1.82) is 0 Å². The van der Waals surface area contributed by atoms with Crippen LogP contribution in [0.2, 0.25) is 0 Å². The molecule has 1 atom stereocenters. The standard InChI is InChI=1S/C31H39N3O4S/c1-6-17-32-31(36)29(7-2)33(21-26-15-13-23(3)14-16-26)30(35)22-34(27-19-24(4)18-25(5)20-27)39(37,38)28-11-9-8-10-12-28/h8-16,18-20,29H,6-7,17,21-22H2,1-5H3,(H,32,36)/t29-/m0/s1. The zero-order valence-electron chi connectivity index (χ0n) is 23.5. The SMILES string of the molecule is CCCNC(=O)[C@H](CC)N(Cc1ccc(C)cc1)C(=O)CN(c1cc(C)cc(C)c1)S(=O)(=O)c1ccccc1. The highest BCUT2D eigenvalue weighted by Gasteiger charge is 2.33. The van der Waals surface area contributed by atoms with Crippen molar-refractivity contribution in [2.45, 2.75) is 64.9 Å². The van der Waals surface area contributed by atoms with E-state index in [1.807, 2.05) is 65.0 Å². The van der Waals surface area contributed by atoms with E-state index in [0.717, 1.165) is 33.0 Å². The van der Waals surface area contributed by atoms with Gasteiger partial charge in [-0.25, -0.2) is 8.42 Å². The molecular weight excluding hydrogens is 510 g/mol. The Morgan fingerprint density at radius 1 is 0.846 bits per heavy atom. The first kappa shape index (κ1) is 29.9. The van der Waals surface area contributed by atoms with Gasteiger partial charge >= 0.3 is 0 Å². The summed E-state index contributed by atoms with van der Waals surface area (Å²) in [4.78, 5) is 28.8. The van der Waals surface area contributed by atoms with Crippen LogP contribution in [0.1, 0.15) is 48.9 Å². The van der Waals surface area contributed by atoms with Crippen molar-refractivity contribution in [2.24, 2.45) is 0 Å². The van der Waals surface area contributed by atoms with E-state index in [9.17, 15) is 18.0 Å². The number of aryl methyl sites for hydroxylation is 3. The van der Waals surface area contributed by atoms with E-state index < -0.39 is 28.5 Å². The average Bonchev–Trinajstić information content (AvgIpc) is 2.91. The summed E-state index contributed by atoms with van der Waals surface area (Å²) in [6.07, 6.45) is 1.16. The number of anilines is 1. The molecule has 0 saturated heterocycles. The summed E-state index contributed by atoms with van der Waals surface area (Å²) < 4.78 is 29.0. The van der Waals surface area contributed by atoms with Gasteiger partial charge in [-0.05, 0) is 74.6 Å². The molecule has 0 aliphatic carbocycles. The van der Waals surface area contributed by atoms with Gasteiger partial charge in [0, 0.05) is 13.1 Å². The van der Waals surface area contributed by atoms with Crippen LogP contribution in [-0.2, 0) is 26.2 Å². The molecule has 0 unspecified atom stereocenters. The second-order valence-corrected chi connectivity index (χ2v) is 11.8. The lowest BCUT2D eigenvalue weighted by molar-refractivity contribution is -0.140. The summed E-state index contributed by atoms with van der Waals surface area (Å²) in [5.74, 6) is -0.698. The van der Waals surface area contributed by atoms with Gasteiger partial charge < -0.3 is 10.2 Å². The number of hydrogen-bond acceptors (Lipinski definition) is 4. The third-order valence-corrected chi connectivity index (χ3v) is 8.30. The summed E-state index contributed by atoms with van der Waals surface area (Å²) in [5.41, 5.74) is 4.11. The number of amides is 2. The summed E-state index contributed by atoms with van der Waals surface area (Å²) in [7, 11) is -4.08. The third-order valence-electron chi connectivity index (χ3n) is 6.51. The summed E-state index contributed by atoms with van der Waals surface area (Å²) in [6.45, 7) is 9.82. The Morgan fingerprint density at radius 2 is 1.46 bits per heavy atom. The lowest BCUT2D eigenvalue weighted by Crippen LogP contribution is -2.52. The molecule has 3 aromatic rings. The van der Waals surface area contributed by atoms with Crippen molar-refractivity contribution in [3.05, 3.63) is 95.1 Å². The molecule has 0 aromatic heterocycles. The molecule has 1 N–H and O–H groups in total. The molecule has 0 spiro atoms. The van der Waals surface area contributed by atoms with Crippen LogP contribution in [-0.4, -0.2) is 44.3 Å². The molecule has 0 bridgehead atoms. The van der Waals surface area contributed by atoms with E-state index in [-0.39, 0.29) is 17.3 Å². The maximum absolute atomic E-state index is 14.1. The van der Waals surface area contributed by atoms with E-state index in [2.05, 4.69) is 5.32 Å². The van der Waals surface area contributed by atoms with E-state index in [4.69, 9.17) is 0 Å². The predicted octanol–water partition coefficient (Wildman–Crippen LogP) is 5.14. The quantitative estimate of drug-likeness (QED) is 0.339. The first-order valence-electron chi connectivity index (χ1n) is 13.4. The third kappa shape index (κ3) is 7.69. The van der Waals surface area contributed by atoms with E-state index in [1.54, 1.807) is 30.3 Å². The van der Waals surface area contributed by atoms with E-state index in [1.165, 1.54) is 17.0 Å². The lowest BCUT2D eigenvalue weighted by Gasteiger charge is -2.33.